The van der Waals surface area contributed by atoms with Crippen molar-refractivity contribution in [2.75, 3.05) is 4.90 Å². The molecule has 6 heteroatoms. The van der Waals surface area contributed by atoms with E-state index >= 15 is 0 Å². The number of nitrogens with one attached hydrogen (secondary N) is 1. The Morgan fingerprint density at radius 1 is 1.19 bits per heavy atom. The molecule has 0 fully saturated rings. The van der Waals surface area contributed by atoms with Gasteiger partial charge in [0.05, 0.1) is 11.6 Å². The number of fused-ring (bicyclic) bond motifs is 2. The first-order valence-electron chi connectivity index (χ1n) is 8.52. The van der Waals surface area contributed by atoms with E-state index in [1.165, 1.54) is 5.56 Å². The summed E-state index contributed by atoms with van der Waals surface area (Å²) in [7, 11) is 0. The molecule has 3 aromatic heterocycles. The van der Waals surface area contributed by atoms with Crippen LogP contribution in [0.3, 0.4) is 0 Å². The average molecular weight is 344 g/mol. The van der Waals surface area contributed by atoms with E-state index in [0.717, 1.165) is 12.1 Å². The van der Waals surface area contributed by atoms with Crippen LogP contribution < -0.4 is 10.5 Å². The zero-order valence-electron chi connectivity index (χ0n) is 14.1. The molecule has 1 aromatic carbocycles. The van der Waals surface area contributed by atoms with Gasteiger partial charge in [-0.3, -0.25) is 9.78 Å². The van der Waals surface area contributed by atoms with Crippen molar-refractivity contribution in [1.29, 1.82) is 0 Å². The van der Waals surface area contributed by atoms with Crippen molar-refractivity contribution < 1.29 is 4.42 Å². The lowest BCUT2D eigenvalue weighted by atomic mass is 10.1. The van der Waals surface area contributed by atoms with Gasteiger partial charge >= 0.3 is 0 Å². The lowest BCUT2D eigenvalue weighted by Crippen LogP contribution is -2.28. The summed E-state index contributed by atoms with van der Waals surface area (Å²) in [6, 6.07) is 13.8. The zero-order valence-corrected chi connectivity index (χ0v) is 14.1. The molecule has 1 unspecified atom stereocenters. The molecule has 0 saturated carbocycles. The Morgan fingerprint density at radius 3 is 2.92 bits per heavy atom. The molecule has 4 heterocycles. The Kier molecular flexibility index (Phi) is 3.18. The maximum atomic E-state index is 12.9. The fourth-order valence-corrected chi connectivity index (χ4v) is 3.69. The maximum Gasteiger partial charge on any atom is 0.262 e. The molecule has 1 atom stereocenters. The first kappa shape index (κ1) is 14.9. The summed E-state index contributed by atoms with van der Waals surface area (Å²) in [6.07, 6.45) is 4.15. The van der Waals surface area contributed by atoms with Crippen molar-refractivity contribution >= 4 is 22.7 Å². The standard InChI is InChI=1S/C20H16N4O2/c1-12-11-13-5-2-3-6-15(13)24(12)20-22-18-17(19(25)23-20)14(8-9-21-18)16-7-4-10-26-16/h2-10,12H,11H2,1H3,(H,21,22,23,25). The Balaban J connectivity index is 1.72. The lowest BCUT2D eigenvalue weighted by Gasteiger charge is -2.23. The topological polar surface area (TPSA) is 75.0 Å². The molecule has 0 bridgehead atoms. The van der Waals surface area contributed by atoms with Gasteiger partial charge in [-0.15, -0.1) is 0 Å². The fourth-order valence-electron chi connectivity index (χ4n) is 3.69. The largest absolute Gasteiger partial charge is 0.464 e. The summed E-state index contributed by atoms with van der Waals surface area (Å²) in [6.45, 7) is 2.12. The molecule has 0 aliphatic carbocycles. The number of hydrogen-bond donors (Lipinski definition) is 1. The highest BCUT2D eigenvalue weighted by Crippen LogP contribution is 2.36. The normalized spacial score (nSPS) is 16.2. The quantitative estimate of drug-likeness (QED) is 0.601. The number of furan rings is 1. The third-order valence-electron chi connectivity index (χ3n) is 4.82. The third-order valence-corrected chi connectivity index (χ3v) is 4.82. The minimum atomic E-state index is -0.221. The van der Waals surface area contributed by atoms with Crippen molar-refractivity contribution in [2.24, 2.45) is 0 Å². The van der Waals surface area contributed by atoms with Crippen LogP contribution in [0.4, 0.5) is 11.6 Å². The van der Waals surface area contributed by atoms with Crippen LogP contribution in [0.2, 0.25) is 0 Å². The number of anilines is 2. The monoisotopic (exact) mass is 344 g/mol. The molecule has 128 valence electrons. The van der Waals surface area contributed by atoms with Gasteiger partial charge in [-0.1, -0.05) is 18.2 Å². The second-order valence-electron chi connectivity index (χ2n) is 6.48. The number of rotatable bonds is 2. The number of aromatic amines is 1. The van der Waals surface area contributed by atoms with E-state index in [1.54, 1.807) is 24.6 Å². The summed E-state index contributed by atoms with van der Waals surface area (Å²) in [5.41, 5.74) is 3.20. The second kappa shape index (κ2) is 5.56. The van der Waals surface area contributed by atoms with E-state index in [1.807, 2.05) is 18.2 Å². The first-order chi connectivity index (χ1) is 12.7. The highest BCUT2D eigenvalue weighted by molar-refractivity contribution is 5.90. The predicted octanol–water partition coefficient (Wildman–Crippen LogP) is 3.66. The number of pyridine rings is 1. The summed E-state index contributed by atoms with van der Waals surface area (Å²) in [5.74, 6) is 1.14. The lowest BCUT2D eigenvalue weighted by molar-refractivity contribution is 0.583. The molecule has 1 N–H and O–H groups in total. The molecule has 1 aliphatic rings. The second-order valence-corrected chi connectivity index (χ2v) is 6.48. The van der Waals surface area contributed by atoms with Crippen LogP contribution in [0, 0.1) is 0 Å². The van der Waals surface area contributed by atoms with Gasteiger partial charge in [-0.05, 0) is 43.2 Å². The molecule has 5 rings (SSSR count). The smallest absolute Gasteiger partial charge is 0.262 e. The van der Waals surface area contributed by atoms with E-state index in [4.69, 9.17) is 4.42 Å². The molecule has 0 saturated heterocycles. The molecule has 0 spiro atoms. The highest BCUT2D eigenvalue weighted by Gasteiger charge is 2.29. The molecule has 1 aliphatic heterocycles. The Labute approximate surface area is 149 Å². The van der Waals surface area contributed by atoms with E-state index in [9.17, 15) is 4.79 Å². The van der Waals surface area contributed by atoms with E-state index in [-0.39, 0.29) is 11.6 Å². The minimum absolute atomic E-state index is 0.209. The van der Waals surface area contributed by atoms with Crippen molar-refractivity contribution in [3.05, 3.63) is 70.8 Å². The Hall–Kier alpha value is -3.41. The van der Waals surface area contributed by atoms with Crippen molar-refractivity contribution in [2.45, 2.75) is 19.4 Å². The van der Waals surface area contributed by atoms with Crippen LogP contribution >= 0.6 is 0 Å². The molecule has 6 nitrogen and oxygen atoms in total. The minimum Gasteiger partial charge on any atom is -0.464 e. The van der Waals surface area contributed by atoms with Crippen molar-refractivity contribution in [3.63, 3.8) is 0 Å². The molecular weight excluding hydrogens is 328 g/mol. The summed E-state index contributed by atoms with van der Waals surface area (Å²) in [5, 5.41) is 0.436. The number of aromatic nitrogens is 3. The van der Waals surface area contributed by atoms with Crippen LogP contribution in [0.15, 0.2) is 64.1 Å². The number of H-pyrrole nitrogens is 1. The van der Waals surface area contributed by atoms with Gasteiger partial charge in [0.15, 0.2) is 5.65 Å². The van der Waals surface area contributed by atoms with Gasteiger partial charge in [-0.2, -0.15) is 4.98 Å². The SMILES string of the molecule is CC1Cc2ccccc2N1c1nc2nccc(-c3ccco3)c2c(=O)[nH]1. The zero-order chi connectivity index (χ0) is 17.7. The van der Waals surface area contributed by atoms with E-state index in [2.05, 4.69) is 38.9 Å². The van der Waals surface area contributed by atoms with Gasteiger partial charge in [0.25, 0.3) is 5.56 Å². The summed E-state index contributed by atoms with van der Waals surface area (Å²) < 4.78 is 5.46. The summed E-state index contributed by atoms with van der Waals surface area (Å²) in [4.78, 5) is 26.9. The summed E-state index contributed by atoms with van der Waals surface area (Å²) >= 11 is 0. The van der Waals surface area contributed by atoms with Crippen LogP contribution in [0.1, 0.15) is 12.5 Å². The number of nitrogens with zero attached hydrogens (tertiary/aromatic N) is 3. The van der Waals surface area contributed by atoms with Gasteiger partial charge < -0.3 is 9.32 Å². The first-order valence-corrected chi connectivity index (χ1v) is 8.52. The molecule has 0 radical (unpaired) electrons. The van der Waals surface area contributed by atoms with E-state index in [0.29, 0.717) is 28.3 Å². The van der Waals surface area contributed by atoms with Crippen LogP contribution in [0.25, 0.3) is 22.4 Å². The Morgan fingerprint density at radius 2 is 2.08 bits per heavy atom. The van der Waals surface area contributed by atoms with Crippen LogP contribution in [-0.2, 0) is 6.42 Å². The fraction of sp³-hybridized carbons (Fsp3) is 0.150. The molecular formula is C20H16N4O2. The number of hydrogen-bond acceptors (Lipinski definition) is 5. The van der Waals surface area contributed by atoms with Gasteiger partial charge in [0, 0.05) is 23.5 Å². The third kappa shape index (κ3) is 2.15. The maximum absolute atomic E-state index is 12.9. The Bertz CT molecular complexity index is 1160. The molecule has 26 heavy (non-hydrogen) atoms. The van der Waals surface area contributed by atoms with Crippen molar-refractivity contribution in [3.8, 4) is 11.3 Å². The van der Waals surface area contributed by atoms with Crippen LogP contribution in [0.5, 0.6) is 0 Å². The van der Waals surface area contributed by atoms with Crippen LogP contribution in [-0.4, -0.2) is 21.0 Å². The van der Waals surface area contributed by atoms with E-state index < -0.39 is 0 Å². The number of para-hydroxylation sites is 1. The highest BCUT2D eigenvalue weighted by atomic mass is 16.3. The van der Waals surface area contributed by atoms with Crippen molar-refractivity contribution in [1.82, 2.24) is 15.0 Å². The number of benzene rings is 1. The van der Waals surface area contributed by atoms with Gasteiger partial charge in [0.1, 0.15) is 5.76 Å². The average Bonchev–Trinajstić information content (AvgIpc) is 3.28. The molecule has 4 aromatic rings. The molecule has 0 amide bonds. The van der Waals surface area contributed by atoms with Gasteiger partial charge in [-0.25, -0.2) is 4.98 Å². The van der Waals surface area contributed by atoms with Gasteiger partial charge in [0.2, 0.25) is 5.95 Å². The predicted molar refractivity (Wildman–Crippen MR) is 99.6 cm³/mol.